The fraction of sp³-hybridized carbons (Fsp3) is 0.579. The van der Waals surface area contributed by atoms with Crippen molar-refractivity contribution >= 4 is 0 Å². The zero-order valence-corrected chi connectivity index (χ0v) is 13.7. The number of hydrogen-bond donors (Lipinski definition) is 1. The highest BCUT2D eigenvalue weighted by Crippen LogP contribution is 2.32. The molecule has 0 heterocycles. The number of rotatable bonds is 9. The molecule has 112 valence electrons. The van der Waals surface area contributed by atoms with E-state index in [1.807, 2.05) is 0 Å². The van der Waals surface area contributed by atoms with Gasteiger partial charge >= 0.3 is 0 Å². The van der Waals surface area contributed by atoms with Crippen LogP contribution in [-0.4, -0.2) is 12.6 Å². The number of nitrogens with one attached hydrogen (secondary N) is 1. The van der Waals surface area contributed by atoms with Gasteiger partial charge in [-0.25, -0.2) is 0 Å². The van der Waals surface area contributed by atoms with E-state index in [1.165, 1.54) is 24.0 Å². The Morgan fingerprint density at radius 1 is 1.20 bits per heavy atom. The summed E-state index contributed by atoms with van der Waals surface area (Å²) >= 11 is 0. The van der Waals surface area contributed by atoms with Crippen LogP contribution >= 0.6 is 0 Å². The third kappa shape index (κ3) is 5.13. The topological polar surface area (TPSA) is 12.0 Å². The Balaban J connectivity index is 2.95. The van der Waals surface area contributed by atoms with Crippen LogP contribution in [0.25, 0.3) is 0 Å². The maximum absolute atomic E-state index is 4.06. The minimum Gasteiger partial charge on any atom is -0.314 e. The monoisotopic (exact) mass is 273 g/mol. The van der Waals surface area contributed by atoms with Gasteiger partial charge in [-0.2, -0.15) is 0 Å². The molecule has 1 aromatic carbocycles. The Bertz CT molecular complexity index is 382. The summed E-state index contributed by atoms with van der Waals surface area (Å²) in [5, 5.41) is 3.71. The Morgan fingerprint density at radius 3 is 2.35 bits per heavy atom. The molecule has 0 aliphatic heterocycles. The van der Waals surface area contributed by atoms with Gasteiger partial charge in [-0.15, -0.1) is 6.58 Å². The van der Waals surface area contributed by atoms with Crippen LogP contribution in [0.15, 0.2) is 42.5 Å². The number of hydrogen-bond acceptors (Lipinski definition) is 1. The van der Waals surface area contributed by atoms with Crippen LogP contribution in [0.2, 0.25) is 0 Å². The van der Waals surface area contributed by atoms with E-state index in [4.69, 9.17) is 0 Å². The van der Waals surface area contributed by atoms with Gasteiger partial charge in [0.25, 0.3) is 0 Å². The Hall–Kier alpha value is -1.08. The second-order valence-electron chi connectivity index (χ2n) is 5.98. The maximum atomic E-state index is 4.06. The Kier molecular flexibility index (Phi) is 7.61. The predicted octanol–water partition coefficient (Wildman–Crippen LogP) is 5.15. The summed E-state index contributed by atoms with van der Waals surface area (Å²) in [6, 6.07) is 11.5. The molecule has 0 saturated carbocycles. The molecule has 0 bridgehead atoms. The molecule has 3 unspecified atom stereocenters. The van der Waals surface area contributed by atoms with Crippen molar-refractivity contribution in [3.63, 3.8) is 0 Å². The van der Waals surface area contributed by atoms with E-state index in [-0.39, 0.29) is 0 Å². The predicted molar refractivity (Wildman–Crippen MR) is 90.2 cm³/mol. The first-order valence-electron chi connectivity index (χ1n) is 8.02. The summed E-state index contributed by atoms with van der Waals surface area (Å²) in [4.78, 5) is 0. The van der Waals surface area contributed by atoms with Gasteiger partial charge in [0, 0.05) is 12.0 Å². The van der Waals surface area contributed by atoms with Crippen LogP contribution in [-0.2, 0) is 0 Å². The lowest BCUT2D eigenvalue weighted by molar-refractivity contribution is 0.324. The highest BCUT2D eigenvalue weighted by atomic mass is 14.9. The van der Waals surface area contributed by atoms with E-state index in [1.54, 1.807) is 0 Å². The molecule has 3 atom stereocenters. The minimum atomic E-state index is 0.536. The van der Waals surface area contributed by atoms with Crippen molar-refractivity contribution in [2.75, 3.05) is 6.54 Å². The number of benzene rings is 1. The summed E-state index contributed by atoms with van der Waals surface area (Å²) in [6.07, 6.45) is 3.50. The van der Waals surface area contributed by atoms with Crippen LogP contribution in [0.5, 0.6) is 0 Å². The second-order valence-corrected chi connectivity index (χ2v) is 5.98. The van der Waals surface area contributed by atoms with Crippen molar-refractivity contribution in [2.24, 2.45) is 5.92 Å². The normalized spacial score (nSPS) is 15.6. The molecule has 0 aromatic heterocycles. The zero-order valence-electron chi connectivity index (χ0n) is 13.7. The van der Waals surface area contributed by atoms with Gasteiger partial charge in [-0.1, -0.05) is 63.1 Å². The third-order valence-electron chi connectivity index (χ3n) is 4.22. The van der Waals surface area contributed by atoms with Gasteiger partial charge in [0.15, 0.2) is 0 Å². The molecule has 0 radical (unpaired) electrons. The van der Waals surface area contributed by atoms with Crippen molar-refractivity contribution < 1.29 is 0 Å². The first-order chi connectivity index (χ1) is 9.60. The van der Waals surface area contributed by atoms with E-state index in [2.05, 4.69) is 69.9 Å². The van der Waals surface area contributed by atoms with E-state index < -0.39 is 0 Å². The summed E-state index contributed by atoms with van der Waals surface area (Å²) in [6.45, 7) is 14.1. The molecule has 0 aliphatic rings. The SMILES string of the molecule is C=C(C)CCC(NCC)C(c1ccccc1)C(C)CC. The largest absolute Gasteiger partial charge is 0.314 e. The molecular formula is C19H31N. The van der Waals surface area contributed by atoms with Crippen LogP contribution in [0.3, 0.4) is 0 Å². The van der Waals surface area contributed by atoms with E-state index in [9.17, 15) is 0 Å². The lowest BCUT2D eigenvalue weighted by atomic mass is 9.78. The zero-order chi connectivity index (χ0) is 15.0. The van der Waals surface area contributed by atoms with Crippen LogP contribution in [0, 0.1) is 5.92 Å². The molecule has 0 fully saturated rings. The summed E-state index contributed by atoms with van der Waals surface area (Å²) in [5.74, 6) is 1.27. The molecule has 0 amide bonds. The molecule has 1 heteroatoms. The summed E-state index contributed by atoms with van der Waals surface area (Å²) in [5.41, 5.74) is 2.75. The second kappa shape index (κ2) is 8.97. The quantitative estimate of drug-likeness (QED) is 0.613. The van der Waals surface area contributed by atoms with Crippen molar-refractivity contribution in [1.29, 1.82) is 0 Å². The van der Waals surface area contributed by atoms with Gasteiger partial charge < -0.3 is 5.32 Å². The lowest BCUT2D eigenvalue weighted by Crippen LogP contribution is -2.37. The van der Waals surface area contributed by atoms with E-state index in [0.29, 0.717) is 17.9 Å². The summed E-state index contributed by atoms with van der Waals surface area (Å²) < 4.78 is 0. The van der Waals surface area contributed by atoms with Gasteiger partial charge in [0.2, 0.25) is 0 Å². The average Bonchev–Trinajstić information content (AvgIpc) is 2.45. The number of likely N-dealkylation sites (N-methyl/N-ethyl adjacent to an activating group) is 1. The fourth-order valence-electron chi connectivity index (χ4n) is 2.96. The molecule has 1 aromatic rings. The molecule has 1 nitrogen and oxygen atoms in total. The summed E-state index contributed by atoms with van der Waals surface area (Å²) in [7, 11) is 0. The molecule has 20 heavy (non-hydrogen) atoms. The highest BCUT2D eigenvalue weighted by molar-refractivity contribution is 5.22. The van der Waals surface area contributed by atoms with Crippen LogP contribution < -0.4 is 5.32 Å². The van der Waals surface area contributed by atoms with Crippen molar-refractivity contribution in [1.82, 2.24) is 5.32 Å². The number of allylic oxidation sites excluding steroid dienone is 1. The standard InChI is InChI=1S/C19H31N/c1-6-16(5)19(17-11-9-8-10-12-17)18(20-7-2)14-13-15(3)4/h8-12,16,18-20H,3,6-7,13-14H2,1-2,4-5H3. The van der Waals surface area contributed by atoms with Gasteiger partial charge in [-0.05, 0) is 37.8 Å². The molecule has 1 rings (SSSR count). The third-order valence-corrected chi connectivity index (χ3v) is 4.22. The van der Waals surface area contributed by atoms with E-state index >= 15 is 0 Å². The Morgan fingerprint density at radius 2 is 1.85 bits per heavy atom. The first kappa shape index (κ1) is 17.0. The molecule has 1 N–H and O–H groups in total. The van der Waals surface area contributed by atoms with Crippen LogP contribution in [0.4, 0.5) is 0 Å². The average molecular weight is 273 g/mol. The Labute approximate surface area is 125 Å². The van der Waals surface area contributed by atoms with Crippen molar-refractivity contribution in [3.05, 3.63) is 48.0 Å². The highest BCUT2D eigenvalue weighted by Gasteiger charge is 2.26. The van der Waals surface area contributed by atoms with Crippen LogP contribution in [0.1, 0.15) is 58.4 Å². The fourth-order valence-corrected chi connectivity index (χ4v) is 2.96. The molecule has 0 spiro atoms. The van der Waals surface area contributed by atoms with E-state index in [0.717, 1.165) is 13.0 Å². The molecule has 0 saturated heterocycles. The molecule has 0 aliphatic carbocycles. The van der Waals surface area contributed by atoms with Gasteiger partial charge in [0.05, 0.1) is 0 Å². The molecular weight excluding hydrogens is 242 g/mol. The smallest absolute Gasteiger partial charge is 0.0141 e. The van der Waals surface area contributed by atoms with Crippen molar-refractivity contribution in [2.45, 2.75) is 58.9 Å². The maximum Gasteiger partial charge on any atom is 0.0141 e. The lowest BCUT2D eigenvalue weighted by Gasteiger charge is -2.33. The first-order valence-corrected chi connectivity index (χ1v) is 8.02. The van der Waals surface area contributed by atoms with Gasteiger partial charge in [-0.3, -0.25) is 0 Å². The van der Waals surface area contributed by atoms with Gasteiger partial charge in [0.1, 0.15) is 0 Å². The van der Waals surface area contributed by atoms with Crippen molar-refractivity contribution in [3.8, 4) is 0 Å². The minimum absolute atomic E-state index is 0.536.